The molecular weight excluding hydrogens is 404 g/mol. The van der Waals surface area contributed by atoms with Crippen molar-refractivity contribution in [3.05, 3.63) is 76.5 Å². The molecule has 29 heavy (non-hydrogen) atoms. The summed E-state index contributed by atoms with van der Waals surface area (Å²) in [7, 11) is 0. The summed E-state index contributed by atoms with van der Waals surface area (Å²) in [5.74, 6) is 0.0108. The van der Waals surface area contributed by atoms with Crippen molar-refractivity contribution in [3.63, 3.8) is 0 Å². The Balaban J connectivity index is 1.34. The van der Waals surface area contributed by atoms with Gasteiger partial charge in [-0.3, -0.25) is 4.79 Å². The molecule has 0 unspecified atom stereocenters. The molecule has 0 bridgehead atoms. The van der Waals surface area contributed by atoms with Gasteiger partial charge in [0.15, 0.2) is 0 Å². The molecule has 0 aliphatic carbocycles. The van der Waals surface area contributed by atoms with Crippen molar-refractivity contribution in [2.24, 2.45) is 0 Å². The summed E-state index contributed by atoms with van der Waals surface area (Å²) >= 11 is 7.64. The molecular formula is C22H17ClN4OS. The molecule has 4 aromatic rings. The van der Waals surface area contributed by atoms with Gasteiger partial charge in [-0.1, -0.05) is 35.9 Å². The third kappa shape index (κ3) is 3.34. The summed E-state index contributed by atoms with van der Waals surface area (Å²) < 4.78 is 0. The van der Waals surface area contributed by atoms with Crippen LogP contribution >= 0.6 is 22.9 Å². The number of aromatic amines is 1. The minimum Gasteiger partial charge on any atom is -0.346 e. The van der Waals surface area contributed by atoms with E-state index in [0.29, 0.717) is 23.0 Å². The predicted octanol–water partition coefficient (Wildman–Crippen LogP) is 5.27. The third-order valence-corrected chi connectivity index (χ3v) is 6.46. The van der Waals surface area contributed by atoms with Crippen molar-refractivity contribution >= 4 is 45.5 Å². The van der Waals surface area contributed by atoms with E-state index in [-0.39, 0.29) is 5.91 Å². The second-order valence-corrected chi connectivity index (χ2v) is 8.28. The van der Waals surface area contributed by atoms with Gasteiger partial charge in [0, 0.05) is 42.0 Å². The molecule has 1 aliphatic rings. The minimum atomic E-state index is 0.0108. The van der Waals surface area contributed by atoms with Gasteiger partial charge in [0.25, 0.3) is 5.91 Å². The number of nitrogens with zero attached hydrogens (tertiary/aromatic N) is 3. The monoisotopic (exact) mass is 420 g/mol. The Hall–Kier alpha value is -2.96. The van der Waals surface area contributed by atoms with E-state index in [9.17, 15) is 4.79 Å². The highest BCUT2D eigenvalue weighted by Gasteiger charge is 2.23. The summed E-state index contributed by atoms with van der Waals surface area (Å²) in [6.45, 7) is 1.26. The highest BCUT2D eigenvalue weighted by Crippen LogP contribution is 2.32. The van der Waals surface area contributed by atoms with Gasteiger partial charge in [-0.05, 0) is 30.2 Å². The van der Waals surface area contributed by atoms with Crippen LogP contribution in [-0.2, 0) is 0 Å². The zero-order chi connectivity index (χ0) is 19.8. The maximum atomic E-state index is 13.0. The molecule has 0 fully saturated rings. The molecule has 0 saturated carbocycles. The Bertz CT molecular complexity index is 1240. The van der Waals surface area contributed by atoms with Crippen molar-refractivity contribution < 1.29 is 4.79 Å². The molecule has 4 heterocycles. The van der Waals surface area contributed by atoms with E-state index in [1.807, 2.05) is 41.4 Å². The van der Waals surface area contributed by atoms with Gasteiger partial charge in [0.05, 0.1) is 11.2 Å². The fraction of sp³-hybridized carbons (Fsp3) is 0.136. The van der Waals surface area contributed by atoms with Crippen LogP contribution < -0.4 is 0 Å². The Morgan fingerprint density at radius 3 is 2.86 bits per heavy atom. The molecule has 1 N–H and O–H groups in total. The number of carbonyl (C=O) groups is 1. The average Bonchev–Trinajstić information content (AvgIpc) is 3.41. The van der Waals surface area contributed by atoms with E-state index < -0.39 is 0 Å². The number of carbonyl (C=O) groups excluding carboxylic acids is 1. The number of pyridine rings is 1. The minimum absolute atomic E-state index is 0.0108. The fourth-order valence-electron chi connectivity index (χ4n) is 3.61. The smallest absolute Gasteiger partial charge is 0.265 e. The fourth-order valence-corrected chi connectivity index (χ4v) is 4.81. The molecule has 0 saturated heterocycles. The van der Waals surface area contributed by atoms with Crippen LogP contribution in [0.4, 0.5) is 0 Å². The third-order valence-electron chi connectivity index (χ3n) is 5.11. The molecule has 144 valence electrons. The van der Waals surface area contributed by atoms with Crippen LogP contribution in [-0.4, -0.2) is 38.8 Å². The van der Waals surface area contributed by atoms with Crippen molar-refractivity contribution in [2.45, 2.75) is 6.42 Å². The van der Waals surface area contributed by atoms with E-state index in [2.05, 4.69) is 27.1 Å². The zero-order valence-electron chi connectivity index (χ0n) is 15.4. The highest BCUT2D eigenvalue weighted by atomic mass is 35.5. The van der Waals surface area contributed by atoms with Crippen molar-refractivity contribution in [1.82, 2.24) is 19.9 Å². The largest absolute Gasteiger partial charge is 0.346 e. The first-order chi connectivity index (χ1) is 14.2. The molecule has 0 atom stereocenters. The van der Waals surface area contributed by atoms with E-state index >= 15 is 0 Å². The molecule has 1 amide bonds. The summed E-state index contributed by atoms with van der Waals surface area (Å²) in [5.41, 5.74) is 4.15. The van der Waals surface area contributed by atoms with Crippen molar-refractivity contribution in [1.29, 1.82) is 0 Å². The van der Waals surface area contributed by atoms with Crippen LogP contribution in [0.5, 0.6) is 0 Å². The summed E-state index contributed by atoms with van der Waals surface area (Å²) in [4.78, 5) is 27.4. The second kappa shape index (κ2) is 7.46. The SMILES string of the molecule is O=C(c1cnc(-c2ccccc2Cl)s1)N1CC=C(c2c[nH]c3ncccc23)CC1. The topological polar surface area (TPSA) is 61.9 Å². The first kappa shape index (κ1) is 18.1. The molecule has 1 aromatic carbocycles. The number of fused-ring (bicyclic) bond motifs is 1. The molecule has 7 heteroatoms. The highest BCUT2D eigenvalue weighted by molar-refractivity contribution is 7.17. The van der Waals surface area contributed by atoms with E-state index in [0.717, 1.165) is 28.0 Å². The summed E-state index contributed by atoms with van der Waals surface area (Å²) in [5, 5.41) is 2.52. The van der Waals surface area contributed by atoms with E-state index in [1.165, 1.54) is 22.5 Å². The number of hydrogen-bond acceptors (Lipinski definition) is 4. The first-order valence-corrected chi connectivity index (χ1v) is 10.5. The van der Waals surface area contributed by atoms with Gasteiger partial charge in [-0.2, -0.15) is 0 Å². The number of H-pyrrole nitrogens is 1. The van der Waals surface area contributed by atoms with Crippen LogP contribution in [0.15, 0.2) is 61.1 Å². The Morgan fingerprint density at radius 1 is 1.14 bits per heavy atom. The number of benzene rings is 1. The molecule has 5 nitrogen and oxygen atoms in total. The van der Waals surface area contributed by atoms with Crippen LogP contribution in [0.25, 0.3) is 27.2 Å². The normalized spacial score (nSPS) is 14.2. The lowest BCUT2D eigenvalue weighted by Gasteiger charge is -2.26. The van der Waals surface area contributed by atoms with E-state index in [1.54, 1.807) is 12.4 Å². The van der Waals surface area contributed by atoms with Crippen molar-refractivity contribution in [2.75, 3.05) is 13.1 Å². The number of rotatable bonds is 3. The zero-order valence-corrected chi connectivity index (χ0v) is 17.0. The van der Waals surface area contributed by atoms with Crippen LogP contribution in [0, 0.1) is 0 Å². The number of nitrogens with one attached hydrogen (secondary N) is 1. The number of hydrogen-bond donors (Lipinski definition) is 1. The second-order valence-electron chi connectivity index (χ2n) is 6.84. The first-order valence-electron chi connectivity index (χ1n) is 9.32. The lowest BCUT2D eigenvalue weighted by Crippen LogP contribution is -2.34. The molecule has 3 aromatic heterocycles. The van der Waals surface area contributed by atoms with Gasteiger partial charge in [0.1, 0.15) is 15.5 Å². The number of thiazole rings is 1. The van der Waals surface area contributed by atoms with Gasteiger partial charge in [0.2, 0.25) is 0 Å². The Labute approximate surface area is 176 Å². The molecule has 5 rings (SSSR count). The average molecular weight is 421 g/mol. The lowest BCUT2D eigenvalue weighted by molar-refractivity contribution is 0.0777. The van der Waals surface area contributed by atoms with E-state index in [4.69, 9.17) is 11.6 Å². The molecule has 1 aliphatic heterocycles. The standard InChI is InChI=1S/C22H17ClN4OS/c23-18-6-2-1-4-16(18)21-26-13-19(29-21)22(28)27-10-7-14(8-11-27)17-12-25-20-15(17)5-3-9-24-20/h1-7,9,12-13H,8,10-11H2,(H,24,25). The molecule has 0 radical (unpaired) electrons. The van der Waals surface area contributed by atoms with Gasteiger partial charge >= 0.3 is 0 Å². The van der Waals surface area contributed by atoms with Crippen LogP contribution in [0.2, 0.25) is 5.02 Å². The van der Waals surface area contributed by atoms with Crippen LogP contribution in [0.1, 0.15) is 21.7 Å². The number of aromatic nitrogens is 3. The van der Waals surface area contributed by atoms with Gasteiger partial charge < -0.3 is 9.88 Å². The quantitative estimate of drug-likeness (QED) is 0.491. The lowest BCUT2D eigenvalue weighted by atomic mass is 9.99. The van der Waals surface area contributed by atoms with Crippen molar-refractivity contribution in [3.8, 4) is 10.6 Å². The molecule has 0 spiro atoms. The predicted molar refractivity (Wildman–Crippen MR) is 117 cm³/mol. The number of halogens is 1. The summed E-state index contributed by atoms with van der Waals surface area (Å²) in [6.07, 6.45) is 8.37. The Morgan fingerprint density at radius 2 is 2.03 bits per heavy atom. The Kier molecular flexibility index (Phi) is 4.66. The van der Waals surface area contributed by atoms with Gasteiger partial charge in [-0.25, -0.2) is 9.97 Å². The summed E-state index contributed by atoms with van der Waals surface area (Å²) in [6, 6.07) is 11.6. The van der Waals surface area contributed by atoms with Gasteiger partial charge in [-0.15, -0.1) is 11.3 Å². The number of amides is 1. The maximum absolute atomic E-state index is 13.0. The van der Waals surface area contributed by atoms with Crippen LogP contribution in [0.3, 0.4) is 0 Å². The maximum Gasteiger partial charge on any atom is 0.265 e.